The molecule has 1 amide bonds. The third-order valence-corrected chi connectivity index (χ3v) is 6.16. The molecule has 27 heavy (non-hydrogen) atoms. The lowest BCUT2D eigenvalue weighted by Crippen LogP contribution is -2.35. The summed E-state index contributed by atoms with van der Waals surface area (Å²) in [5, 5.41) is 3.96. The third kappa shape index (κ3) is 3.99. The average Bonchev–Trinajstić information content (AvgIpc) is 3.22. The van der Waals surface area contributed by atoms with E-state index in [2.05, 4.69) is 45.3 Å². The van der Waals surface area contributed by atoms with Crippen LogP contribution in [0.4, 0.5) is 5.82 Å². The number of hydrogen-bond donors (Lipinski definition) is 1. The Morgan fingerprint density at radius 3 is 2.63 bits per heavy atom. The lowest BCUT2D eigenvalue weighted by atomic mass is 9.85. The second-order valence-corrected chi connectivity index (χ2v) is 8.20. The second-order valence-electron chi connectivity index (χ2n) is 7.31. The maximum atomic E-state index is 12.6. The van der Waals surface area contributed by atoms with Gasteiger partial charge >= 0.3 is 0 Å². The molecule has 0 bridgehead atoms. The average molecular weight is 382 g/mol. The van der Waals surface area contributed by atoms with Crippen molar-refractivity contribution < 1.29 is 4.79 Å². The lowest BCUT2D eigenvalue weighted by molar-refractivity contribution is -0.121. The number of thiazole rings is 1. The van der Waals surface area contributed by atoms with Crippen molar-refractivity contribution in [3.8, 4) is 10.4 Å². The fraction of sp³-hybridized carbons (Fsp3) is 0.400. The molecule has 1 N–H and O–H groups in total. The number of anilines is 1. The maximum absolute atomic E-state index is 12.6. The molecule has 140 valence electrons. The topological polar surface area (TPSA) is 71.0 Å². The van der Waals surface area contributed by atoms with Gasteiger partial charge in [-0.2, -0.15) is 0 Å². The Kier molecular flexibility index (Phi) is 5.13. The van der Waals surface area contributed by atoms with Crippen molar-refractivity contribution >= 4 is 34.0 Å². The zero-order chi connectivity index (χ0) is 18.8. The summed E-state index contributed by atoms with van der Waals surface area (Å²) in [5.41, 5.74) is 3.64. The van der Waals surface area contributed by atoms with Gasteiger partial charge in [0.05, 0.1) is 22.1 Å². The molecule has 4 rings (SSSR count). The largest absolute Gasteiger partial charge is 0.310 e. The fourth-order valence-corrected chi connectivity index (χ4v) is 4.28. The Bertz CT molecular complexity index is 933. The van der Waals surface area contributed by atoms with Crippen LogP contribution in [0.5, 0.6) is 0 Å². The standard InChI is InChI=1S/C20H23N5OS/c1-25(2)16-5-3-13(4-6-16)20(26)24-19-8-14-7-15(18-11-21-12-27-18)9-22-17(14)10-23-19/h7-13,16H,3-6H2,1-2H3,(H,23,24,26)/t13-,16-. The van der Waals surface area contributed by atoms with Gasteiger partial charge in [0.25, 0.3) is 0 Å². The summed E-state index contributed by atoms with van der Waals surface area (Å²) >= 11 is 1.58. The minimum Gasteiger partial charge on any atom is -0.310 e. The molecule has 0 aliphatic heterocycles. The van der Waals surface area contributed by atoms with Gasteiger partial charge in [-0.15, -0.1) is 11.3 Å². The van der Waals surface area contributed by atoms with E-state index in [0.717, 1.165) is 47.0 Å². The zero-order valence-electron chi connectivity index (χ0n) is 15.6. The van der Waals surface area contributed by atoms with E-state index in [1.807, 2.05) is 24.0 Å². The van der Waals surface area contributed by atoms with Crippen molar-refractivity contribution in [1.29, 1.82) is 0 Å². The highest BCUT2D eigenvalue weighted by Crippen LogP contribution is 2.29. The van der Waals surface area contributed by atoms with E-state index in [9.17, 15) is 4.79 Å². The number of hydrogen-bond acceptors (Lipinski definition) is 6. The van der Waals surface area contributed by atoms with Crippen LogP contribution >= 0.6 is 11.3 Å². The quantitative estimate of drug-likeness (QED) is 0.744. The molecule has 0 aromatic carbocycles. The first-order valence-electron chi connectivity index (χ1n) is 9.22. The minimum atomic E-state index is 0.0698. The molecule has 0 spiro atoms. The molecule has 1 aliphatic carbocycles. The molecule has 3 aromatic rings. The van der Waals surface area contributed by atoms with Gasteiger partial charge in [-0.05, 0) is 51.9 Å². The summed E-state index contributed by atoms with van der Waals surface area (Å²) < 4.78 is 0. The number of nitrogens with one attached hydrogen (secondary N) is 1. The van der Waals surface area contributed by atoms with Crippen LogP contribution in [0.2, 0.25) is 0 Å². The molecular formula is C20H23N5OS. The van der Waals surface area contributed by atoms with Gasteiger partial charge in [0, 0.05) is 35.3 Å². The van der Waals surface area contributed by atoms with Gasteiger partial charge < -0.3 is 10.2 Å². The van der Waals surface area contributed by atoms with Gasteiger partial charge in [0.2, 0.25) is 5.91 Å². The van der Waals surface area contributed by atoms with Crippen molar-refractivity contribution in [2.24, 2.45) is 5.92 Å². The molecule has 3 aromatic heterocycles. The first-order chi connectivity index (χ1) is 13.1. The number of pyridine rings is 2. The van der Waals surface area contributed by atoms with Crippen LogP contribution in [0.1, 0.15) is 25.7 Å². The summed E-state index contributed by atoms with van der Waals surface area (Å²) in [5.74, 6) is 0.733. The van der Waals surface area contributed by atoms with Gasteiger partial charge in [-0.1, -0.05) is 0 Å². The molecule has 0 atom stereocenters. The van der Waals surface area contributed by atoms with Crippen LogP contribution in [0.25, 0.3) is 21.3 Å². The predicted octanol–water partition coefficient (Wildman–Crippen LogP) is 3.81. The first kappa shape index (κ1) is 18.0. The van der Waals surface area contributed by atoms with Crippen molar-refractivity contribution in [2.75, 3.05) is 19.4 Å². The molecule has 1 aliphatic rings. The number of carbonyl (C=O) groups is 1. The van der Waals surface area contributed by atoms with Gasteiger partial charge in [0.1, 0.15) is 5.82 Å². The molecule has 1 saturated carbocycles. The number of aromatic nitrogens is 3. The van der Waals surface area contributed by atoms with Crippen LogP contribution in [0.15, 0.2) is 36.2 Å². The summed E-state index contributed by atoms with van der Waals surface area (Å²) in [4.78, 5) is 28.9. The summed E-state index contributed by atoms with van der Waals surface area (Å²) in [6.07, 6.45) is 9.38. The van der Waals surface area contributed by atoms with E-state index < -0.39 is 0 Å². The van der Waals surface area contributed by atoms with Crippen molar-refractivity contribution in [3.05, 3.63) is 36.2 Å². The highest BCUT2D eigenvalue weighted by molar-refractivity contribution is 7.13. The molecule has 1 fully saturated rings. The molecule has 6 nitrogen and oxygen atoms in total. The highest BCUT2D eigenvalue weighted by atomic mass is 32.1. The monoisotopic (exact) mass is 381 g/mol. The van der Waals surface area contributed by atoms with E-state index >= 15 is 0 Å². The summed E-state index contributed by atoms with van der Waals surface area (Å²) in [6, 6.07) is 4.55. The molecular weight excluding hydrogens is 358 g/mol. The zero-order valence-corrected chi connectivity index (χ0v) is 16.4. The predicted molar refractivity (Wildman–Crippen MR) is 109 cm³/mol. The Morgan fingerprint density at radius 2 is 1.93 bits per heavy atom. The number of amides is 1. The van der Waals surface area contributed by atoms with Gasteiger partial charge in [0.15, 0.2) is 0 Å². The molecule has 3 heterocycles. The second kappa shape index (κ2) is 7.70. The minimum absolute atomic E-state index is 0.0698. The van der Waals surface area contributed by atoms with Crippen molar-refractivity contribution in [3.63, 3.8) is 0 Å². The number of nitrogens with zero attached hydrogens (tertiary/aromatic N) is 4. The van der Waals surface area contributed by atoms with Crippen LogP contribution in [0, 0.1) is 5.92 Å². The van der Waals surface area contributed by atoms with Gasteiger partial charge in [-0.25, -0.2) is 4.98 Å². The van der Waals surface area contributed by atoms with Crippen LogP contribution < -0.4 is 5.32 Å². The van der Waals surface area contributed by atoms with Crippen molar-refractivity contribution in [2.45, 2.75) is 31.7 Å². The van der Waals surface area contributed by atoms with Crippen LogP contribution in [-0.2, 0) is 4.79 Å². The van der Waals surface area contributed by atoms with Crippen LogP contribution in [-0.4, -0.2) is 45.9 Å². The molecule has 0 saturated heterocycles. The summed E-state index contributed by atoms with van der Waals surface area (Å²) in [7, 11) is 4.22. The first-order valence-corrected chi connectivity index (χ1v) is 10.1. The smallest absolute Gasteiger partial charge is 0.228 e. The van der Waals surface area contributed by atoms with E-state index in [-0.39, 0.29) is 11.8 Å². The Morgan fingerprint density at radius 1 is 1.11 bits per heavy atom. The van der Waals surface area contributed by atoms with E-state index in [1.165, 1.54) is 0 Å². The maximum Gasteiger partial charge on any atom is 0.228 e. The van der Waals surface area contributed by atoms with E-state index in [4.69, 9.17) is 0 Å². The molecule has 7 heteroatoms. The number of carbonyl (C=O) groups excluding carboxylic acids is 1. The molecule has 0 unspecified atom stereocenters. The van der Waals surface area contributed by atoms with Crippen molar-refractivity contribution in [1.82, 2.24) is 19.9 Å². The van der Waals surface area contributed by atoms with Crippen LogP contribution in [0.3, 0.4) is 0 Å². The Balaban J connectivity index is 1.48. The van der Waals surface area contributed by atoms with E-state index in [1.54, 1.807) is 17.5 Å². The lowest BCUT2D eigenvalue weighted by Gasteiger charge is -2.31. The Labute approximate surface area is 162 Å². The third-order valence-electron chi connectivity index (χ3n) is 5.33. The normalized spacial score (nSPS) is 20.1. The number of fused-ring (bicyclic) bond motifs is 1. The fourth-order valence-electron chi connectivity index (χ4n) is 3.68. The molecule has 0 radical (unpaired) electrons. The van der Waals surface area contributed by atoms with E-state index in [0.29, 0.717) is 11.9 Å². The SMILES string of the molecule is CN(C)[C@H]1CC[C@H](C(=O)Nc2cc3cc(-c4cncs4)cnc3cn2)CC1. The summed E-state index contributed by atoms with van der Waals surface area (Å²) in [6.45, 7) is 0. The number of rotatable bonds is 4. The Hall–Kier alpha value is -2.38. The van der Waals surface area contributed by atoms with Gasteiger partial charge in [-0.3, -0.25) is 14.8 Å². The highest BCUT2D eigenvalue weighted by Gasteiger charge is 2.27.